The molecule has 1 saturated heterocycles. The number of sulfonamides is 1. The van der Waals surface area contributed by atoms with Gasteiger partial charge >= 0.3 is 0 Å². The van der Waals surface area contributed by atoms with E-state index in [1.54, 1.807) is 6.07 Å². The molecule has 0 bridgehead atoms. The van der Waals surface area contributed by atoms with E-state index in [-0.39, 0.29) is 23.2 Å². The van der Waals surface area contributed by atoms with E-state index in [9.17, 15) is 21.6 Å². The van der Waals surface area contributed by atoms with Crippen molar-refractivity contribution in [3.05, 3.63) is 59.5 Å². The fourth-order valence-electron chi connectivity index (χ4n) is 4.05. The average Bonchev–Trinajstić information content (AvgIpc) is 3.18. The summed E-state index contributed by atoms with van der Waals surface area (Å²) in [7, 11) is -3.87. The number of hydrogen-bond acceptors (Lipinski definition) is 5. The Balaban J connectivity index is 1.19. The van der Waals surface area contributed by atoms with Crippen molar-refractivity contribution in [1.82, 2.24) is 14.8 Å². The maximum atomic E-state index is 13.3. The molecule has 0 amide bonds. The summed E-state index contributed by atoms with van der Waals surface area (Å²) in [4.78, 5) is 2.03. The molecule has 1 N–H and O–H groups in total. The Morgan fingerprint density at radius 3 is 2.56 bits per heavy atom. The molecule has 0 saturated carbocycles. The summed E-state index contributed by atoms with van der Waals surface area (Å²) < 4.78 is 71.6. The van der Waals surface area contributed by atoms with Gasteiger partial charge in [0.25, 0.3) is 0 Å². The van der Waals surface area contributed by atoms with Crippen LogP contribution in [-0.4, -0.2) is 44.7 Å². The van der Waals surface area contributed by atoms with Crippen molar-refractivity contribution in [2.45, 2.75) is 36.5 Å². The molecule has 2 aromatic carbocycles. The molecule has 2 heterocycles. The fourth-order valence-corrected chi connectivity index (χ4v) is 5.14. The normalized spacial score (nSPS) is 16.1. The second-order valence-electron chi connectivity index (χ2n) is 8.01. The molecule has 10 heteroatoms. The average molecular weight is 468 g/mol. The highest BCUT2D eigenvalue weighted by atomic mass is 32.2. The van der Waals surface area contributed by atoms with Crippen LogP contribution < -0.4 is 4.72 Å². The van der Waals surface area contributed by atoms with Crippen LogP contribution in [0, 0.1) is 17.5 Å². The molecular formula is C22H24F3N3O3S. The summed E-state index contributed by atoms with van der Waals surface area (Å²) in [5.41, 5.74) is 1.35. The second kappa shape index (κ2) is 9.60. The van der Waals surface area contributed by atoms with Crippen LogP contribution in [0.5, 0.6) is 0 Å². The van der Waals surface area contributed by atoms with Gasteiger partial charge in [0.1, 0.15) is 5.82 Å². The zero-order chi connectivity index (χ0) is 22.7. The van der Waals surface area contributed by atoms with Gasteiger partial charge < -0.3 is 9.42 Å². The number of rotatable bonds is 8. The number of aromatic nitrogens is 1. The Labute approximate surface area is 184 Å². The summed E-state index contributed by atoms with van der Waals surface area (Å²) in [5, 5.41) is 5.02. The molecule has 1 aliphatic rings. The minimum absolute atomic E-state index is 0.222. The van der Waals surface area contributed by atoms with Crippen molar-refractivity contribution in [3.63, 3.8) is 0 Å². The van der Waals surface area contributed by atoms with Gasteiger partial charge in [-0.25, -0.2) is 26.3 Å². The molecule has 172 valence electrons. The number of unbranched alkanes of at least 4 members (excludes halogenated alkanes) is 1. The van der Waals surface area contributed by atoms with Gasteiger partial charge in [0.15, 0.2) is 17.2 Å². The monoisotopic (exact) mass is 467 g/mol. The Morgan fingerprint density at radius 2 is 1.81 bits per heavy atom. The van der Waals surface area contributed by atoms with Crippen molar-refractivity contribution in [3.8, 4) is 0 Å². The predicted molar refractivity (Wildman–Crippen MR) is 113 cm³/mol. The van der Waals surface area contributed by atoms with Crippen LogP contribution in [0.25, 0.3) is 11.0 Å². The molecule has 1 aromatic heterocycles. The van der Waals surface area contributed by atoms with Gasteiger partial charge in [-0.05, 0) is 75.6 Å². The van der Waals surface area contributed by atoms with Crippen LogP contribution >= 0.6 is 0 Å². The second-order valence-corrected chi connectivity index (χ2v) is 9.77. The molecule has 1 fully saturated rings. The minimum atomic E-state index is -3.87. The maximum absolute atomic E-state index is 13.3. The zero-order valence-corrected chi connectivity index (χ0v) is 18.2. The van der Waals surface area contributed by atoms with E-state index >= 15 is 0 Å². The van der Waals surface area contributed by atoms with Gasteiger partial charge in [-0.3, -0.25) is 0 Å². The van der Waals surface area contributed by atoms with Crippen molar-refractivity contribution < 1.29 is 26.1 Å². The van der Waals surface area contributed by atoms with Crippen LogP contribution in [0.2, 0.25) is 0 Å². The van der Waals surface area contributed by atoms with Crippen molar-refractivity contribution in [2.24, 2.45) is 0 Å². The van der Waals surface area contributed by atoms with Gasteiger partial charge in [-0.2, -0.15) is 0 Å². The Hall–Kier alpha value is -2.43. The third-order valence-corrected chi connectivity index (χ3v) is 7.29. The van der Waals surface area contributed by atoms with Crippen LogP contribution in [0.3, 0.4) is 0 Å². The first kappa shape index (κ1) is 22.8. The van der Waals surface area contributed by atoms with Gasteiger partial charge in [-0.15, -0.1) is 0 Å². The van der Waals surface area contributed by atoms with E-state index in [4.69, 9.17) is 4.52 Å². The van der Waals surface area contributed by atoms with Crippen molar-refractivity contribution in [2.75, 3.05) is 26.2 Å². The summed E-state index contributed by atoms with van der Waals surface area (Å²) in [5.74, 6) is -2.36. The number of halogens is 3. The third kappa shape index (κ3) is 5.13. The van der Waals surface area contributed by atoms with E-state index < -0.39 is 21.7 Å². The number of hydrogen-bond donors (Lipinski definition) is 1. The number of nitrogens with zero attached hydrogens (tertiary/aromatic N) is 2. The van der Waals surface area contributed by atoms with E-state index in [2.05, 4.69) is 14.8 Å². The van der Waals surface area contributed by atoms with E-state index in [0.717, 1.165) is 62.1 Å². The summed E-state index contributed by atoms with van der Waals surface area (Å²) >= 11 is 0. The van der Waals surface area contributed by atoms with E-state index in [0.29, 0.717) is 18.1 Å². The molecular weight excluding hydrogens is 443 g/mol. The Kier molecular flexibility index (Phi) is 6.82. The highest BCUT2D eigenvalue weighted by Gasteiger charge is 2.25. The standard InChI is InChI=1S/C22H24F3N3O3S/c23-16-3-5-18-21(13-16)31-27-22(18)15-7-11-28(12-8-15)10-2-1-9-26-32(29,30)17-4-6-19(24)20(25)14-17/h3-6,13-15,26H,1-2,7-12H2. The minimum Gasteiger partial charge on any atom is -0.356 e. The lowest BCUT2D eigenvalue weighted by Crippen LogP contribution is -2.34. The molecule has 0 radical (unpaired) electrons. The van der Waals surface area contributed by atoms with Crippen LogP contribution in [0.15, 0.2) is 45.8 Å². The van der Waals surface area contributed by atoms with Gasteiger partial charge in [-0.1, -0.05) is 5.16 Å². The first-order chi connectivity index (χ1) is 15.3. The van der Waals surface area contributed by atoms with Crippen molar-refractivity contribution in [1.29, 1.82) is 0 Å². The predicted octanol–water partition coefficient (Wildman–Crippen LogP) is 4.18. The number of fused-ring (bicyclic) bond motifs is 1. The quantitative estimate of drug-likeness (QED) is 0.503. The molecule has 0 unspecified atom stereocenters. The largest absolute Gasteiger partial charge is 0.356 e. The number of likely N-dealkylation sites (tertiary alicyclic amines) is 1. The summed E-state index contributed by atoms with van der Waals surface area (Å²) in [6, 6.07) is 6.99. The van der Waals surface area contributed by atoms with E-state index in [1.807, 2.05) is 0 Å². The lowest BCUT2D eigenvalue weighted by Gasteiger charge is -2.31. The zero-order valence-electron chi connectivity index (χ0n) is 17.4. The molecule has 0 spiro atoms. The van der Waals surface area contributed by atoms with Crippen LogP contribution in [-0.2, 0) is 10.0 Å². The van der Waals surface area contributed by atoms with Gasteiger partial charge in [0.2, 0.25) is 10.0 Å². The Bertz CT molecular complexity index is 1190. The topological polar surface area (TPSA) is 75.4 Å². The molecule has 32 heavy (non-hydrogen) atoms. The first-order valence-corrected chi connectivity index (χ1v) is 12.0. The molecule has 3 aromatic rings. The maximum Gasteiger partial charge on any atom is 0.240 e. The fraction of sp³-hybridized carbons (Fsp3) is 0.409. The number of nitrogens with one attached hydrogen (secondary N) is 1. The lowest BCUT2D eigenvalue weighted by molar-refractivity contribution is 0.206. The van der Waals surface area contributed by atoms with Crippen LogP contribution in [0.4, 0.5) is 13.2 Å². The van der Waals surface area contributed by atoms with E-state index in [1.165, 1.54) is 12.1 Å². The van der Waals surface area contributed by atoms with Crippen molar-refractivity contribution >= 4 is 21.0 Å². The third-order valence-electron chi connectivity index (χ3n) is 5.83. The highest BCUT2D eigenvalue weighted by Crippen LogP contribution is 2.32. The molecule has 0 atom stereocenters. The van der Waals surface area contributed by atoms with Crippen LogP contribution in [0.1, 0.15) is 37.3 Å². The highest BCUT2D eigenvalue weighted by molar-refractivity contribution is 7.89. The molecule has 0 aliphatic carbocycles. The SMILES string of the molecule is O=S(=O)(NCCCCN1CCC(c2noc3cc(F)ccc23)CC1)c1ccc(F)c(F)c1. The molecule has 1 aliphatic heterocycles. The summed E-state index contributed by atoms with van der Waals surface area (Å²) in [6.45, 7) is 2.84. The summed E-state index contributed by atoms with van der Waals surface area (Å²) in [6.07, 6.45) is 3.27. The smallest absolute Gasteiger partial charge is 0.240 e. The number of piperidine rings is 1. The molecule has 4 rings (SSSR count). The first-order valence-electron chi connectivity index (χ1n) is 10.6. The Morgan fingerprint density at radius 1 is 1.03 bits per heavy atom. The lowest BCUT2D eigenvalue weighted by atomic mass is 9.91. The van der Waals surface area contributed by atoms with Gasteiger partial charge in [0, 0.05) is 23.9 Å². The molecule has 6 nitrogen and oxygen atoms in total. The van der Waals surface area contributed by atoms with Gasteiger partial charge in [0.05, 0.1) is 10.6 Å². The number of benzene rings is 2.